The van der Waals surface area contributed by atoms with E-state index >= 15 is 0 Å². The molecular formula is C10H9F3. The van der Waals surface area contributed by atoms with Crippen LogP contribution in [0.3, 0.4) is 0 Å². The highest BCUT2D eigenvalue weighted by Gasteiger charge is 2.33. The van der Waals surface area contributed by atoms with Crippen LogP contribution in [0.5, 0.6) is 0 Å². The van der Waals surface area contributed by atoms with Crippen LogP contribution in [0.1, 0.15) is 12.5 Å². The number of halogens is 3. The van der Waals surface area contributed by atoms with Crippen molar-refractivity contribution in [3.05, 3.63) is 42.0 Å². The highest BCUT2D eigenvalue weighted by atomic mass is 19.4. The summed E-state index contributed by atoms with van der Waals surface area (Å²) in [6.45, 7) is 1.38. The van der Waals surface area contributed by atoms with Crippen molar-refractivity contribution in [2.45, 2.75) is 13.1 Å². The summed E-state index contributed by atoms with van der Waals surface area (Å²) in [6, 6.07) is 7.76. The Bertz CT molecular complexity index is 296. The zero-order chi connectivity index (χ0) is 9.90. The first-order valence-corrected chi connectivity index (χ1v) is 3.84. The summed E-state index contributed by atoms with van der Waals surface area (Å²) in [5, 5.41) is 0. The summed E-state index contributed by atoms with van der Waals surface area (Å²) < 4.78 is 37.0. The third kappa shape index (κ3) is 2.34. The number of benzene rings is 1. The zero-order valence-electron chi connectivity index (χ0n) is 7.10. The fourth-order valence-electron chi connectivity index (χ4n) is 1.11. The molecule has 0 nitrogen and oxygen atoms in total. The minimum Gasteiger partial charge on any atom is -0.166 e. The Kier molecular flexibility index (Phi) is 2.76. The molecule has 0 saturated heterocycles. The van der Waals surface area contributed by atoms with Gasteiger partial charge in [0.25, 0.3) is 0 Å². The summed E-state index contributed by atoms with van der Waals surface area (Å²) in [4.78, 5) is 0. The minimum atomic E-state index is -4.27. The van der Waals surface area contributed by atoms with E-state index in [2.05, 4.69) is 0 Å². The van der Waals surface area contributed by atoms with Gasteiger partial charge in [-0.3, -0.25) is 0 Å². The van der Waals surface area contributed by atoms with Crippen molar-refractivity contribution in [1.29, 1.82) is 0 Å². The lowest BCUT2D eigenvalue weighted by molar-refractivity contribution is -0.0689. The SMILES string of the molecule is C/C=C(\c1ccccc1)C(F)(F)F. The van der Waals surface area contributed by atoms with Crippen molar-refractivity contribution in [3.63, 3.8) is 0 Å². The largest absolute Gasteiger partial charge is 0.416 e. The highest BCUT2D eigenvalue weighted by molar-refractivity contribution is 5.69. The van der Waals surface area contributed by atoms with Gasteiger partial charge in [-0.2, -0.15) is 13.2 Å². The van der Waals surface area contributed by atoms with E-state index in [-0.39, 0.29) is 5.56 Å². The van der Waals surface area contributed by atoms with Gasteiger partial charge in [-0.15, -0.1) is 0 Å². The molecule has 0 spiro atoms. The second-order valence-electron chi connectivity index (χ2n) is 2.57. The van der Waals surface area contributed by atoms with Crippen molar-refractivity contribution in [1.82, 2.24) is 0 Å². The Morgan fingerprint density at radius 2 is 1.69 bits per heavy atom. The molecule has 1 aromatic carbocycles. The lowest BCUT2D eigenvalue weighted by Gasteiger charge is -2.10. The third-order valence-electron chi connectivity index (χ3n) is 1.68. The van der Waals surface area contributed by atoms with Crippen LogP contribution >= 0.6 is 0 Å². The molecule has 70 valence electrons. The predicted octanol–water partition coefficient (Wildman–Crippen LogP) is 3.65. The van der Waals surface area contributed by atoms with E-state index in [1.165, 1.54) is 19.1 Å². The lowest BCUT2D eigenvalue weighted by Crippen LogP contribution is -2.10. The summed E-state index contributed by atoms with van der Waals surface area (Å²) >= 11 is 0. The number of allylic oxidation sites excluding steroid dienone is 2. The first-order valence-electron chi connectivity index (χ1n) is 3.84. The fraction of sp³-hybridized carbons (Fsp3) is 0.200. The summed E-state index contributed by atoms with van der Waals surface area (Å²) in [7, 11) is 0. The molecule has 0 N–H and O–H groups in total. The average Bonchev–Trinajstić information content (AvgIpc) is 2.05. The monoisotopic (exact) mass is 186 g/mol. The van der Waals surface area contributed by atoms with Gasteiger partial charge in [-0.05, 0) is 12.5 Å². The number of rotatable bonds is 1. The van der Waals surface area contributed by atoms with Crippen LogP contribution in [0.25, 0.3) is 5.57 Å². The van der Waals surface area contributed by atoms with Gasteiger partial charge in [-0.25, -0.2) is 0 Å². The molecule has 0 heterocycles. The van der Waals surface area contributed by atoms with E-state index in [1.807, 2.05) is 0 Å². The maximum Gasteiger partial charge on any atom is 0.416 e. The second kappa shape index (κ2) is 3.64. The van der Waals surface area contributed by atoms with E-state index in [0.717, 1.165) is 6.08 Å². The van der Waals surface area contributed by atoms with Crippen molar-refractivity contribution < 1.29 is 13.2 Å². The van der Waals surface area contributed by atoms with Gasteiger partial charge in [0, 0.05) is 0 Å². The molecule has 3 heteroatoms. The topological polar surface area (TPSA) is 0 Å². The first kappa shape index (κ1) is 9.84. The van der Waals surface area contributed by atoms with Gasteiger partial charge >= 0.3 is 6.18 Å². The van der Waals surface area contributed by atoms with Crippen LogP contribution in [0, 0.1) is 0 Å². The predicted molar refractivity (Wildman–Crippen MR) is 46.1 cm³/mol. The Balaban J connectivity index is 3.08. The fourth-order valence-corrected chi connectivity index (χ4v) is 1.11. The van der Waals surface area contributed by atoms with Gasteiger partial charge < -0.3 is 0 Å². The van der Waals surface area contributed by atoms with E-state index in [4.69, 9.17) is 0 Å². The van der Waals surface area contributed by atoms with Crippen molar-refractivity contribution in [2.75, 3.05) is 0 Å². The Morgan fingerprint density at radius 3 is 2.08 bits per heavy atom. The first-order chi connectivity index (χ1) is 6.05. The quantitative estimate of drug-likeness (QED) is 0.628. The van der Waals surface area contributed by atoms with E-state index in [1.54, 1.807) is 18.2 Å². The third-order valence-corrected chi connectivity index (χ3v) is 1.68. The molecule has 0 fully saturated rings. The van der Waals surface area contributed by atoms with Crippen LogP contribution in [0.15, 0.2) is 36.4 Å². The van der Waals surface area contributed by atoms with Crippen molar-refractivity contribution in [2.24, 2.45) is 0 Å². The van der Waals surface area contributed by atoms with Gasteiger partial charge in [0.2, 0.25) is 0 Å². The summed E-state index contributed by atoms with van der Waals surface area (Å²) in [6.07, 6.45) is -3.19. The molecule has 0 aliphatic rings. The van der Waals surface area contributed by atoms with Crippen LogP contribution < -0.4 is 0 Å². The average molecular weight is 186 g/mol. The van der Waals surface area contributed by atoms with Crippen LogP contribution in [0.2, 0.25) is 0 Å². The molecule has 0 radical (unpaired) electrons. The lowest BCUT2D eigenvalue weighted by atomic mass is 10.1. The molecule has 13 heavy (non-hydrogen) atoms. The van der Waals surface area contributed by atoms with Crippen LogP contribution in [-0.4, -0.2) is 6.18 Å². The van der Waals surface area contributed by atoms with Crippen LogP contribution in [0.4, 0.5) is 13.2 Å². The Morgan fingerprint density at radius 1 is 1.15 bits per heavy atom. The van der Waals surface area contributed by atoms with E-state index < -0.39 is 11.7 Å². The summed E-state index contributed by atoms with van der Waals surface area (Å²) in [5.74, 6) is 0. The Hall–Kier alpha value is -1.25. The highest BCUT2D eigenvalue weighted by Crippen LogP contribution is 2.33. The molecule has 0 aromatic heterocycles. The number of hydrogen-bond acceptors (Lipinski definition) is 0. The van der Waals surface area contributed by atoms with E-state index in [9.17, 15) is 13.2 Å². The normalized spacial score (nSPS) is 13.1. The number of hydrogen-bond donors (Lipinski definition) is 0. The van der Waals surface area contributed by atoms with Gasteiger partial charge in [-0.1, -0.05) is 36.4 Å². The minimum absolute atomic E-state index is 0.206. The Labute approximate surface area is 74.7 Å². The molecule has 0 saturated carbocycles. The summed E-state index contributed by atoms with van der Waals surface area (Å²) in [5.41, 5.74) is -0.384. The smallest absolute Gasteiger partial charge is 0.166 e. The van der Waals surface area contributed by atoms with Gasteiger partial charge in [0.15, 0.2) is 0 Å². The number of alkyl halides is 3. The standard InChI is InChI=1S/C10H9F3/c1-2-9(10(11,12)13)8-6-4-3-5-7-8/h2-7H,1H3/b9-2+. The maximum atomic E-state index is 12.3. The van der Waals surface area contributed by atoms with Gasteiger partial charge in [0.1, 0.15) is 0 Å². The van der Waals surface area contributed by atoms with Gasteiger partial charge in [0.05, 0.1) is 5.57 Å². The van der Waals surface area contributed by atoms with Crippen molar-refractivity contribution >= 4 is 5.57 Å². The molecule has 0 aliphatic heterocycles. The molecule has 1 rings (SSSR count). The molecular weight excluding hydrogens is 177 g/mol. The maximum absolute atomic E-state index is 12.3. The molecule has 0 unspecified atom stereocenters. The molecule has 0 aliphatic carbocycles. The van der Waals surface area contributed by atoms with Crippen LogP contribution in [-0.2, 0) is 0 Å². The molecule has 0 atom stereocenters. The second-order valence-corrected chi connectivity index (χ2v) is 2.57. The molecule has 1 aromatic rings. The molecule has 0 bridgehead atoms. The van der Waals surface area contributed by atoms with E-state index in [0.29, 0.717) is 0 Å². The molecule has 0 amide bonds. The van der Waals surface area contributed by atoms with Crippen molar-refractivity contribution in [3.8, 4) is 0 Å². The zero-order valence-corrected chi connectivity index (χ0v) is 7.10.